The van der Waals surface area contributed by atoms with Crippen LogP contribution in [-0.2, 0) is 9.59 Å². The van der Waals surface area contributed by atoms with Gasteiger partial charge in [0, 0.05) is 12.8 Å². The van der Waals surface area contributed by atoms with E-state index in [0.717, 1.165) is 6.42 Å². The minimum absolute atomic E-state index is 0.0772. The Balaban J connectivity index is 2.15. The van der Waals surface area contributed by atoms with Crippen molar-refractivity contribution in [2.45, 2.75) is 32.6 Å². The van der Waals surface area contributed by atoms with Gasteiger partial charge in [-0.25, -0.2) is 0 Å². The molecule has 1 saturated heterocycles. The number of nitrogens with one attached hydrogen (secondary N) is 1. The Labute approximate surface area is 77.9 Å². The summed E-state index contributed by atoms with van der Waals surface area (Å²) in [5.41, 5.74) is 0. The number of carbonyl (C=O) groups excluding carboxylic acids is 2. The molecule has 2 amide bonds. The second-order valence-corrected chi connectivity index (χ2v) is 4.36. The van der Waals surface area contributed by atoms with Crippen molar-refractivity contribution in [3.63, 3.8) is 0 Å². The largest absolute Gasteiger partial charge is 0.296 e. The zero-order valence-corrected chi connectivity index (χ0v) is 7.88. The molecule has 2 aliphatic rings. The molecule has 3 atom stereocenters. The van der Waals surface area contributed by atoms with E-state index in [0.29, 0.717) is 30.6 Å². The monoisotopic (exact) mass is 181 g/mol. The minimum atomic E-state index is -0.0775. The van der Waals surface area contributed by atoms with Crippen LogP contribution in [0.5, 0.6) is 0 Å². The Hall–Kier alpha value is -0.860. The number of rotatable bonds is 0. The molecule has 2 fully saturated rings. The molecule has 0 aromatic heterocycles. The predicted molar refractivity (Wildman–Crippen MR) is 47.8 cm³/mol. The molecular formula is C10H15NO2. The summed E-state index contributed by atoms with van der Waals surface area (Å²) in [6.45, 7) is 2.19. The van der Waals surface area contributed by atoms with Gasteiger partial charge in [0.05, 0.1) is 0 Å². The molecule has 0 unspecified atom stereocenters. The second-order valence-electron chi connectivity index (χ2n) is 4.36. The first-order valence-electron chi connectivity index (χ1n) is 4.99. The van der Waals surface area contributed by atoms with Crippen LogP contribution in [0.1, 0.15) is 32.6 Å². The molecule has 0 spiro atoms. The van der Waals surface area contributed by atoms with Crippen LogP contribution in [0, 0.1) is 17.8 Å². The van der Waals surface area contributed by atoms with Gasteiger partial charge in [-0.2, -0.15) is 0 Å². The van der Waals surface area contributed by atoms with Crippen LogP contribution in [0.3, 0.4) is 0 Å². The summed E-state index contributed by atoms with van der Waals surface area (Å²) in [6, 6.07) is 0. The molecule has 1 N–H and O–H groups in total. The summed E-state index contributed by atoms with van der Waals surface area (Å²) < 4.78 is 0. The van der Waals surface area contributed by atoms with Gasteiger partial charge in [-0.3, -0.25) is 14.9 Å². The van der Waals surface area contributed by atoms with Crippen LogP contribution in [0.4, 0.5) is 0 Å². The van der Waals surface area contributed by atoms with Crippen molar-refractivity contribution in [1.29, 1.82) is 0 Å². The van der Waals surface area contributed by atoms with Gasteiger partial charge in [0.1, 0.15) is 0 Å². The Kier molecular flexibility index (Phi) is 2.10. The van der Waals surface area contributed by atoms with Crippen molar-refractivity contribution in [2.24, 2.45) is 17.8 Å². The van der Waals surface area contributed by atoms with E-state index in [4.69, 9.17) is 0 Å². The van der Waals surface area contributed by atoms with Crippen LogP contribution in [0.2, 0.25) is 0 Å². The van der Waals surface area contributed by atoms with Crippen LogP contribution >= 0.6 is 0 Å². The topological polar surface area (TPSA) is 46.2 Å². The lowest BCUT2D eigenvalue weighted by Gasteiger charge is -2.17. The number of hydrogen-bond donors (Lipinski definition) is 1. The van der Waals surface area contributed by atoms with E-state index in [-0.39, 0.29) is 11.8 Å². The molecule has 1 aliphatic carbocycles. The van der Waals surface area contributed by atoms with Gasteiger partial charge in [-0.1, -0.05) is 13.3 Å². The molecule has 1 aliphatic heterocycles. The number of fused-ring (bicyclic) bond motifs is 1. The van der Waals surface area contributed by atoms with Gasteiger partial charge < -0.3 is 0 Å². The standard InChI is InChI=1S/C10H15NO2/c1-6-2-3-7-4-9(12)11-10(13)5-8(6)7/h6-8H,2-5H2,1H3,(H,11,12,13)/t6-,7-,8-/m1/s1. The fourth-order valence-corrected chi connectivity index (χ4v) is 2.70. The Morgan fingerprint density at radius 1 is 1.15 bits per heavy atom. The molecule has 0 aromatic carbocycles. The third-order valence-electron chi connectivity index (χ3n) is 3.48. The van der Waals surface area contributed by atoms with Crippen LogP contribution in [0.15, 0.2) is 0 Å². The summed E-state index contributed by atoms with van der Waals surface area (Å²) in [4.78, 5) is 22.5. The van der Waals surface area contributed by atoms with Gasteiger partial charge in [0.25, 0.3) is 0 Å². The molecule has 2 rings (SSSR count). The summed E-state index contributed by atoms with van der Waals surface area (Å²) in [6.07, 6.45) is 3.40. The highest BCUT2D eigenvalue weighted by molar-refractivity contribution is 5.96. The zero-order valence-electron chi connectivity index (χ0n) is 7.88. The van der Waals surface area contributed by atoms with Crippen molar-refractivity contribution < 1.29 is 9.59 Å². The number of carbonyl (C=O) groups is 2. The first kappa shape index (κ1) is 8.73. The third kappa shape index (κ3) is 1.60. The minimum Gasteiger partial charge on any atom is -0.296 e. The highest BCUT2D eigenvalue weighted by Gasteiger charge is 2.38. The zero-order chi connectivity index (χ0) is 9.42. The highest BCUT2D eigenvalue weighted by Crippen LogP contribution is 2.41. The molecule has 72 valence electrons. The average molecular weight is 181 g/mol. The van der Waals surface area contributed by atoms with Crippen molar-refractivity contribution in [2.75, 3.05) is 0 Å². The molecule has 1 heterocycles. The lowest BCUT2D eigenvalue weighted by Crippen LogP contribution is -2.28. The van der Waals surface area contributed by atoms with Gasteiger partial charge in [0.2, 0.25) is 11.8 Å². The lowest BCUT2D eigenvalue weighted by molar-refractivity contribution is -0.129. The van der Waals surface area contributed by atoms with E-state index in [1.54, 1.807) is 0 Å². The summed E-state index contributed by atoms with van der Waals surface area (Å²) in [7, 11) is 0. The molecule has 1 saturated carbocycles. The maximum absolute atomic E-state index is 11.2. The Morgan fingerprint density at radius 3 is 2.62 bits per heavy atom. The molecule has 3 heteroatoms. The van der Waals surface area contributed by atoms with Crippen LogP contribution < -0.4 is 5.32 Å². The SMILES string of the molecule is C[C@@H]1CC[C@@H]2CC(=O)NC(=O)C[C@@H]21. The predicted octanol–water partition coefficient (Wildman–Crippen LogP) is 1.09. The van der Waals surface area contributed by atoms with Gasteiger partial charge in [0.15, 0.2) is 0 Å². The molecule has 3 nitrogen and oxygen atoms in total. The summed E-state index contributed by atoms with van der Waals surface area (Å²) in [5.74, 6) is 1.37. The lowest BCUT2D eigenvalue weighted by atomic mass is 9.86. The van der Waals surface area contributed by atoms with E-state index in [1.807, 2.05) is 0 Å². The molecule has 0 aromatic rings. The summed E-state index contributed by atoms with van der Waals surface area (Å²) >= 11 is 0. The quantitative estimate of drug-likeness (QED) is 0.568. The van der Waals surface area contributed by atoms with Crippen molar-refractivity contribution in [3.05, 3.63) is 0 Å². The van der Waals surface area contributed by atoms with E-state index in [2.05, 4.69) is 12.2 Å². The van der Waals surface area contributed by atoms with Crippen molar-refractivity contribution in [1.82, 2.24) is 5.32 Å². The third-order valence-corrected chi connectivity index (χ3v) is 3.48. The van der Waals surface area contributed by atoms with Crippen LogP contribution in [0.25, 0.3) is 0 Å². The smallest absolute Gasteiger partial charge is 0.226 e. The number of imide groups is 1. The fourth-order valence-electron chi connectivity index (χ4n) is 2.70. The maximum atomic E-state index is 11.2. The molecule has 13 heavy (non-hydrogen) atoms. The fraction of sp³-hybridized carbons (Fsp3) is 0.800. The van der Waals surface area contributed by atoms with E-state index in [1.165, 1.54) is 6.42 Å². The first-order chi connectivity index (χ1) is 6.16. The molecular weight excluding hydrogens is 166 g/mol. The molecule has 0 radical (unpaired) electrons. The Bertz CT molecular complexity index is 249. The van der Waals surface area contributed by atoms with E-state index >= 15 is 0 Å². The van der Waals surface area contributed by atoms with E-state index in [9.17, 15) is 9.59 Å². The highest BCUT2D eigenvalue weighted by atomic mass is 16.2. The first-order valence-corrected chi connectivity index (χ1v) is 4.99. The van der Waals surface area contributed by atoms with Crippen molar-refractivity contribution >= 4 is 11.8 Å². The number of amides is 2. The van der Waals surface area contributed by atoms with Crippen LogP contribution in [-0.4, -0.2) is 11.8 Å². The van der Waals surface area contributed by atoms with Gasteiger partial charge in [-0.05, 0) is 24.2 Å². The van der Waals surface area contributed by atoms with Crippen molar-refractivity contribution in [3.8, 4) is 0 Å². The second kappa shape index (κ2) is 3.13. The average Bonchev–Trinajstić information content (AvgIpc) is 2.32. The normalized spacial score (nSPS) is 39.6. The van der Waals surface area contributed by atoms with Gasteiger partial charge in [-0.15, -0.1) is 0 Å². The maximum Gasteiger partial charge on any atom is 0.226 e. The van der Waals surface area contributed by atoms with Gasteiger partial charge >= 0.3 is 0 Å². The summed E-state index contributed by atoms with van der Waals surface area (Å²) in [5, 5.41) is 2.41. The Morgan fingerprint density at radius 2 is 1.85 bits per heavy atom. The number of hydrogen-bond acceptors (Lipinski definition) is 2. The van der Waals surface area contributed by atoms with E-state index < -0.39 is 0 Å². The molecule has 0 bridgehead atoms.